The topological polar surface area (TPSA) is 45.8 Å². The molecule has 0 radical (unpaired) electrons. The highest BCUT2D eigenvalue weighted by molar-refractivity contribution is 5.82. The van der Waals surface area contributed by atoms with Gasteiger partial charge < -0.3 is 4.57 Å². The number of aromatic nitrogens is 1. The van der Waals surface area contributed by atoms with Crippen molar-refractivity contribution >= 4 is 10.8 Å². The molecule has 0 N–H and O–H groups in total. The molecule has 0 aliphatic heterocycles. The summed E-state index contributed by atoms with van der Waals surface area (Å²) in [6, 6.07) is 17.5. The highest BCUT2D eigenvalue weighted by Gasteiger charge is 2.07. The molecule has 23 heavy (non-hydrogen) atoms. The molecule has 3 heteroatoms. The molecule has 2 aromatic carbocycles. The molecular weight excluding hydrogens is 284 g/mol. The summed E-state index contributed by atoms with van der Waals surface area (Å²) >= 11 is 0. The Labute approximate surface area is 135 Å². The first kappa shape index (κ1) is 15.1. The first-order chi connectivity index (χ1) is 11.1. The third kappa shape index (κ3) is 3.02. The Bertz CT molecular complexity index is 961. The maximum atomic E-state index is 12.8. The van der Waals surface area contributed by atoms with E-state index in [0.29, 0.717) is 18.0 Å². The number of nitrogens with zero attached hydrogens (tertiary/aromatic N) is 2. The molecule has 1 heterocycles. The van der Waals surface area contributed by atoms with Crippen LogP contribution in [0.4, 0.5) is 0 Å². The van der Waals surface area contributed by atoms with Crippen LogP contribution in [-0.2, 0) is 6.54 Å². The quantitative estimate of drug-likeness (QED) is 0.733. The molecular formula is C20H18N2O. The van der Waals surface area contributed by atoms with Crippen LogP contribution in [0.2, 0.25) is 0 Å². The van der Waals surface area contributed by atoms with Crippen molar-refractivity contribution in [3.8, 4) is 6.07 Å². The highest BCUT2D eigenvalue weighted by atomic mass is 16.1. The van der Waals surface area contributed by atoms with Crippen molar-refractivity contribution in [2.75, 3.05) is 0 Å². The summed E-state index contributed by atoms with van der Waals surface area (Å²) in [6.07, 6.45) is 1.82. The van der Waals surface area contributed by atoms with Gasteiger partial charge in [-0.05, 0) is 46.7 Å². The number of pyridine rings is 1. The van der Waals surface area contributed by atoms with E-state index >= 15 is 0 Å². The van der Waals surface area contributed by atoms with E-state index in [1.807, 2.05) is 42.6 Å². The van der Waals surface area contributed by atoms with Gasteiger partial charge in [0.15, 0.2) is 0 Å². The van der Waals surface area contributed by atoms with Crippen LogP contribution in [0.15, 0.2) is 59.5 Å². The molecule has 0 unspecified atom stereocenters. The molecule has 0 spiro atoms. The van der Waals surface area contributed by atoms with Crippen molar-refractivity contribution in [3.05, 3.63) is 81.8 Å². The summed E-state index contributed by atoms with van der Waals surface area (Å²) in [6.45, 7) is 4.71. The smallest absolute Gasteiger partial charge is 0.258 e. The third-order valence-corrected chi connectivity index (χ3v) is 4.08. The number of hydrogen-bond acceptors (Lipinski definition) is 2. The largest absolute Gasteiger partial charge is 0.311 e. The second kappa shape index (κ2) is 6.10. The number of benzene rings is 2. The fourth-order valence-corrected chi connectivity index (χ4v) is 2.72. The minimum atomic E-state index is 0.00682. The van der Waals surface area contributed by atoms with Crippen LogP contribution in [-0.4, -0.2) is 4.57 Å². The molecule has 114 valence electrons. The first-order valence-corrected chi connectivity index (χ1v) is 7.70. The SMILES string of the molecule is CC(C)c1ccc2ccn(Cc3cccc(C#N)c3)c(=O)c2c1. The number of rotatable bonds is 3. The Morgan fingerprint density at radius 3 is 2.70 bits per heavy atom. The molecule has 0 amide bonds. The molecule has 3 nitrogen and oxygen atoms in total. The minimum absolute atomic E-state index is 0.00682. The summed E-state index contributed by atoms with van der Waals surface area (Å²) in [5.41, 5.74) is 2.73. The van der Waals surface area contributed by atoms with E-state index in [9.17, 15) is 4.79 Å². The summed E-state index contributed by atoms with van der Waals surface area (Å²) in [4.78, 5) is 12.8. The molecule has 0 saturated carbocycles. The zero-order valence-corrected chi connectivity index (χ0v) is 13.3. The Hall–Kier alpha value is -2.86. The van der Waals surface area contributed by atoms with Crippen LogP contribution in [0, 0.1) is 11.3 Å². The van der Waals surface area contributed by atoms with Crippen molar-refractivity contribution in [2.24, 2.45) is 0 Å². The summed E-state index contributed by atoms with van der Waals surface area (Å²) < 4.78 is 1.70. The molecule has 3 aromatic rings. The molecule has 3 rings (SSSR count). The van der Waals surface area contributed by atoms with Crippen molar-refractivity contribution in [3.63, 3.8) is 0 Å². The Balaban J connectivity index is 2.06. The van der Waals surface area contributed by atoms with Crippen molar-refractivity contribution in [2.45, 2.75) is 26.3 Å². The van der Waals surface area contributed by atoms with Gasteiger partial charge in [-0.3, -0.25) is 4.79 Å². The van der Waals surface area contributed by atoms with Gasteiger partial charge in [-0.1, -0.05) is 38.1 Å². The van der Waals surface area contributed by atoms with E-state index in [2.05, 4.69) is 26.0 Å². The van der Waals surface area contributed by atoms with Crippen LogP contribution in [0.25, 0.3) is 10.8 Å². The van der Waals surface area contributed by atoms with Crippen molar-refractivity contribution in [1.29, 1.82) is 5.26 Å². The second-order valence-electron chi connectivity index (χ2n) is 6.06. The van der Waals surface area contributed by atoms with Gasteiger partial charge >= 0.3 is 0 Å². The second-order valence-corrected chi connectivity index (χ2v) is 6.06. The molecule has 0 aliphatic rings. The van der Waals surface area contributed by atoms with Gasteiger partial charge in [0.1, 0.15) is 0 Å². The lowest BCUT2D eigenvalue weighted by Gasteiger charge is -2.10. The summed E-state index contributed by atoms with van der Waals surface area (Å²) in [5, 5.41) is 10.7. The Morgan fingerprint density at radius 2 is 1.96 bits per heavy atom. The Kier molecular flexibility index (Phi) is 3.99. The Morgan fingerprint density at radius 1 is 1.13 bits per heavy atom. The molecule has 0 fully saturated rings. The van der Waals surface area contributed by atoms with Gasteiger partial charge in [-0.2, -0.15) is 5.26 Å². The predicted octanol–water partition coefficient (Wildman–Crippen LogP) is 4.04. The fourth-order valence-electron chi connectivity index (χ4n) is 2.72. The van der Waals surface area contributed by atoms with E-state index in [1.54, 1.807) is 10.6 Å². The van der Waals surface area contributed by atoms with Gasteiger partial charge in [-0.15, -0.1) is 0 Å². The highest BCUT2D eigenvalue weighted by Crippen LogP contribution is 2.19. The normalized spacial score (nSPS) is 10.9. The lowest BCUT2D eigenvalue weighted by molar-refractivity contribution is 0.767. The molecule has 0 aliphatic carbocycles. The summed E-state index contributed by atoms with van der Waals surface area (Å²) in [5.74, 6) is 0.389. The van der Waals surface area contributed by atoms with E-state index < -0.39 is 0 Å². The van der Waals surface area contributed by atoms with E-state index in [-0.39, 0.29) is 5.56 Å². The molecule has 1 aromatic heterocycles. The zero-order valence-electron chi connectivity index (χ0n) is 13.3. The standard InChI is InChI=1S/C20H18N2O/c1-14(2)18-7-6-17-8-9-22(20(23)19(17)11-18)13-16-5-3-4-15(10-16)12-21/h3-11,14H,13H2,1-2H3. The number of hydrogen-bond donors (Lipinski definition) is 0. The van der Waals surface area contributed by atoms with Crippen molar-refractivity contribution < 1.29 is 0 Å². The van der Waals surface area contributed by atoms with Gasteiger partial charge in [0, 0.05) is 11.6 Å². The minimum Gasteiger partial charge on any atom is -0.311 e. The van der Waals surface area contributed by atoms with E-state index in [4.69, 9.17) is 5.26 Å². The average Bonchev–Trinajstić information content (AvgIpc) is 2.57. The van der Waals surface area contributed by atoms with Crippen LogP contribution >= 0.6 is 0 Å². The van der Waals surface area contributed by atoms with Crippen LogP contribution in [0.1, 0.15) is 36.5 Å². The van der Waals surface area contributed by atoms with Crippen LogP contribution < -0.4 is 5.56 Å². The van der Waals surface area contributed by atoms with Crippen LogP contribution in [0.3, 0.4) is 0 Å². The average molecular weight is 302 g/mol. The summed E-state index contributed by atoms with van der Waals surface area (Å²) in [7, 11) is 0. The van der Waals surface area contributed by atoms with Crippen LogP contribution in [0.5, 0.6) is 0 Å². The maximum Gasteiger partial charge on any atom is 0.258 e. The monoisotopic (exact) mass is 302 g/mol. The first-order valence-electron chi connectivity index (χ1n) is 7.70. The van der Waals surface area contributed by atoms with Gasteiger partial charge in [-0.25, -0.2) is 0 Å². The van der Waals surface area contributed by atoms with E-state index in [1.165, 1.54) is 5.56 Å². The molecule has 0 atom stereocenters. The lowest BCUT2D eigenvalue weighted by atomic mass is 10.00. The van der Waals surface area contributed by atoms with Gasteiger partial charge in [0.2, 0.25) is 0 Å². The third-order valence-electron chi connectivity index (χ3n) is 4.08. The number of fused-ring (bicyclic) bond motifs is 1. The fraction of sp³-hybridized carbons (Fsp3) is 0.200. The predicted molar refractivity (Wildman–Crippen MR) is 92.6 cm³/mol. The van der Waals surface area contributed by atoms with Crippen molar-refractivity contribution in [1.82, 2.24) is 4.57 Å². The lowest BCUT2D eigenvalue weighted by Crippen LogP contribution is -2.20. The maximum absolute atomic E-state index is 12.8. The van der Waals surface area contributed by atoms with Gasteiger partial charge in [0.05, 0.1) is 18.2 Å². The molecule has 0 bridgehead atoms. The molecule has 0 saturated heterocycles. The van der Waals surface area contributed by atoms with Gasteiger partial charge in [0.25, 0.3) is 5.56 Å². The number of nitriles is 1. The zero-order chi connectivity index (χ0) is 16.4. The van der Waals surface area contributed by atoms with E-state index in [0.717, 1.165) is 16.3 Å².